The number of hydrogen-bond donors (Lipinski definition) is 3. The van der Waals surface area contributed by atoms with Crippen LogP contribution in [0.25, 0.3) is 0 Å². The molecule has 0 radical (unpaired) electrons. The molecule has 1 aromatic rings. The van der Waals surface area contributed by atoms with Crippen molar-refractivity contribution >= 4 is 11.6 Å². The molecule has 0 aliphatic heterocycles. The highest BCUT2D eigenvalue weighted by atomic mass is 16.3. The van der Waals surface area contributed by atoms with Gasteiger partial charge in [0.25, 0.3) is 0 Å². The highest BCUT2D eigenvalue weighted by Gasteiger charge is 2.25. The van der Waals surface area contributed by atoms with E-state index in [1.165, 1.54) is 12.8 Å². The highest BCUT2D eigenvalue weighted by Crippen LogP contribution is 2.28. The average Bonchev–Trinajstić information content (AvgIpc) is 2.45. The van der Waals surface area contributed by atoms with Crippen molar-refractivity contribution < 1.29 is 5.11 Å². The molecule has 5 nitrogen and oxygen atoms in total. The van der Waals surface area contributed by atoms with Gasteiger partial charge < -0.3 is 16.2 Å². The predicted molar refractivity (Wildman–Crippen MR) is 81.6 cm³/mol. The first-order valence-electron chi connectivity index (χ1n) is 7.66. The minimum Gasteiger partial charge on any atom is -0.396 e. The summed E-state index contributed by atoms with van der Waals surface area (Å²) in [5, 5.41) is 13.0. The molecule has 1 aliphatic carbocycles. The van der Waals surface area contributed by atoms with Crippen LogP contribution in [0.5, 0.6) is 0 Å². The summed E-state index contributed by atoms with van der Waals surface area (Å²) in [7, 11) is 0. The van der Waals surface area contributed by atoms with Crippen molar-refractivity contribution in [1.29, 1.82) is 0 Å². The first-order chi connectivity index (χ1) is 9.65. The number of nitrogens with zero attached hydrogens (tertiary/aromatic N) is 2. The Morgan fingerprint density at radius 3 is 2.75 bits per heavy atom. The van der Waals surface area contributed by atoms with Crippen LogP contribution in [0, 0.1) is 12.8 Å². The number of hydrogen-bond acceptors (Lipinski definition) is 5. The number of aromatic nitrogens is 2. The van der Waals surface area contributed by atoms with E-state index in [-0.39, 0.29) is 12.6 Å². The molecule has 0 bridgehead atoms. The van der Waals surface area contributed by atoms with Gasteiger partial charge in [0.15, 0.2) is 0 Å². The monoisotopic (exact) mass is 278 g/mol. The maximum absolute atomic E-state index is 9.50. The Morgan fingerprint density at radius 1 is 1.30 bits per heavy atom. The molecule has 2 rings (SSSR count). The number of nitrogen functional groups attached to an aromatic ring is 1. The standard InChI is InChI=1S/C15H26N4O/c1-3-6-13-18-14(16)10(2)15(19-13)17-12-8-5-4-7-11(12)9-20/h11-12,20H,3-9H2,1-2H3,(H3,16,17,18,19). The zero-order chi connectivity index (χ0) is 14.5. The lowest BCUT2D eigenvalue weighted by atomic mass is 9.85. The summed E-state index contributed by atoms with van der Waals surface area (Å²) in [6.07, 6.45) is 6.41. The van der Waals surface area contributed by atoms with Crippen LogP contribution >= 0.6 is 0 Å². The summed E-state index contributed by atoms with van der Waals surface area (Å²) < 4.78 is 0. The molecule has 2 unspecified atom stereocenters. The molecule has 1 saturated carbocycles. The van der Waals surface area contributed by atoms with Gasteiger partial charge in [-0.25, -0.2) is 9.97 Å². The lowest BCUT2D eigenvalue weighted by molar-refractivity contribution is 0.178. The van der Waals surface area contributed by atoms with Crippen LogP contribution in [0.1, 0.15) is 50.4 Å². The van der Waals surface area contributed by atoms with E-state index in [9.17, 15) is 5.11 Å². The molecule has 20 heavy (non-hydrogen) atoms. The fourth-order valence-corrected chi connectivity index (χ4v) is 2.85. The van der Waals surface area contributed by atoms with Crippen LogP contribution in [0.4, 0.5) is 11.6 Å². The quantitative estimate of drug-likeness (QED) is 0.769. The van der Waals surface area contributed by atoms with E-state index < -0.39 is 0 Å². The van der Waals surface area contributed by atoms with Gasteiger partial charge in [-0.1, -0.05) is 19.8 Å². The van der Waals surface area contributed by atoms with Crippen molar-refractivity contribution in [3.8, 4) is 0 Å². The Labute approximate surface area is 121 Å². The van der Waals surface area contributed by atoms with E-state index in [2.05, 4.69) is 22.2 Å². The van der Waals surface area contributed by atoms with Crippen molar-refractivity contribution in [2.75, 3.05) is 17.7 Å². The van der Waals surface area contributed by atoms with Gasteiger partial charge in [-0.05, 0) is 26.2 Å². The summed E-state index contributed by atoms with van der Waals surface area (Å²) in [6, 6.07) is 0.288. The number of aryl methyl sites for hydroxylation is 1. The molecule has 0 spiro atoms. The minimum absolute atomic E-state index is 0.235. The summed E-state index contributed by atoms with van der Waals surface area (Å²) in [4.78, 5) is 8.93. The van der Waals surface area contributed by atoms with Crippen LogP contribution in [-0.2, 0) is 6.42 Å². The minimum atomic E-state index is 0.235. The van der Waals surface area contributed by atoms with Gasteiger partial charge in [0, 0.05) is 30.6 Å². The summed E-state index contributed by atoms with van der Waals surface area (Å²) in [6.45, 7) is 4.29. The molecule has 112 valence electrons. The van der Waals surface area contributed by atoms with Crippen LogP contribution in [0.15, 0.2) is 0 Å². The third-order valence-electron chi connectivity index (χ3n) is 4.17. The number of nitrogens with one attached hydrogen (secondary N) is 1. The number of anilines is 2. The zero-order valence-electron chi connectivity index (χ0n) is 12.5. The smallest absolute Gasteiger partial charge is 0.134 e. The average molecular weight is 278 g/mol. The van der Waals surface area contributed by atoms with Gasteiger partial charge in [-0.15, -0.1) is 0 Å². The van der Waals surface area contributed by atoms with E-state index in [0.29, 0.717) is 11.7 Å². The molecular formula is C15H26N4O. The van der Waals surface area contributed by atoms with E-state index in [1.54, 1.807) is 0 Å². The second-order valence-corrected chi connectivity index (χ2v) is 5.73. The summed E-state index contributed by atoms with van der Waals surface area (Å²) >= 11 is 0. The van der Waals surface area contributed by atoms with Crippen molar-refractivity contribution in [1.82, 2.24) is 9.97 Å². The van der Waals surface area contributed by atoms with Gasteiger partial charge in [0.05, 0.1) is 0 Å². The van der Waals surface area contributed by atoms with Crippen molar-refractivity contribution in [3.63, 3.8) is 0 Å². The fourth-order valence-electron chi connectivity index (χ4n) is 2.85. The largest absolute Gasteiger partial charge is 0.396 e. The molecule has 5 heteroatoms. The maximum Gasteiger partial charge on any atom is 0.134 e. The third kappa shape index (κ3) is 3.39. The molecule has 0 amide bonds. The number of nitrogens with two attached hydrogens (primary N) is 1. The van der Waals surface area contributed by atoms with Gasteiger partial charge in [0.1, 0.15) is 17.5 Å². The Kier molecular flexibility index (Phi) is 5.17. The van der Waals surface area contributed by atoms with Crippen molar-refractivity contribution in [2.24, 2.45) is 5.92 Å². The SMILES string of the molecule is CCCc1nc(N)c(C)c(NC2CCCCC2CO)n1. The second kappa shape index (κ2) is 6.88. The molecule has 2 atom stereocenters. The second-order valence-electron chi connectivity index (χ2n) is 5.73. The van der Waals surface area contributed by atoms with Crippen molar-refractivity contribution in [2.45, 2.75) is 58.4 Å². The lowest BCUT2D eigenvalue weighted by Crippen LogP contribution is -2.35. The van der Waals surface area contributed by atoms with Crippen LogP contribution < -0.4 is 11.1 Å². The molecule has 1 aliphatic rings. The van der Waals surface area contributed by atoms with E-state index in [0.717, 1.165) is 42.9 Å². The molecule has 0 aromatic carbocycles. The summed E-state index contributed by atoms with van der Waals surface area (Å²) in [5.41, 5.74) is 6.89. The molecular weight excluding hydrogens is 252 g/mol. The highest BCUT2D eigenvalue weighted by molar-refractivity contribution is 5.55. The Morgan fingerprint density at radius 2 is 2.05 bits per heavy atom. The Balaban J connectivity index is 2.18. The number of aliphatic hydroxyl groups is 1. The maximum atomic E-state index is 9.50. The number of rotatable bonds is 5. The Bertz CT molecular complexity index is 450. The topological polar surface area (TPSA) is 84.1 Å². The first-order valence-corrected chi connectivity index (χ1v) is 7.66. The van der Waals surface area contributed by atoms with Gasteiger partial charge in [-0.3, -0.25) is 0 Å². The van der Waals surface area contributed by atoms with Crippen LogP contribution in [0.3, 0.4) is 0 Å². The van der Waals surface area contributed by atoms with Crippen LogP contribution in [0.2, 0.25) is 0 Å². The predicted octanol–water partition coefficient (Wildman–Crippen LogP) is 2.28. The van der Waals surface area contributed by atoms with E-state index in [4.69, 9.17) is 5.73 Å². The Hall–Kier alpha value is -1.36. The molecule has 1 heterocycles. The molecule has 1 aromatic heterocycles. The molecule has 4 N–H and O–H groups in total. The lowest BCUT2D eigenvalue weighted by Gasteiger charge is -2.31. The fraction of sp³-hybridized carbons (Fsp3) is 0.733. The number of aliphatic hydroxyl groups excluding tert-OH is 1. The van der Waals surface area contributed by atoms with Crippen molar-refractivity contribution in [3.05, 3.63) is 11.4 Å². The van der Waals surface area contributed by atoms with E-state index in [1.807, 2.05) is 6.92 Å². The molecule has 0 saturated heterocycles. The van der Waals surface area contributed by atoms with Gasteiger partial charge in [-0.2, -0.15) is 0 Å². The van der Waals surface area contributed by atoms with E-state index >= 15 is 0 Å². The summed E-state index contributed by atoms with van der Waals surface area (Å²) in [5.74, 6) is 2.51. The van der Waals surface area contributed by atoms with Gasteiger partial charge in [0.2, 0.25) is 0 Å². The zero-order valence-corrected chi connectivity index (χ0v) is 12.5. The first kappa shape index (κ1) is 15.0. The van der Waals surface area contributed by atoms with Crippen LogP contribution in [-0.4, -0.2) is 27.7 Å². The van der Waals surface area contributed by atoms with Gasteiger partial charge >= 0.3 is 0 Å². The third-order valence-corrected chi connectivity index (χ3v) is 4.17. The molecule has 1 fully saturated rings. The normalized spacial score (nSPS) is 22.8.